The van der Waals surface area contributed by atoms with E-state index in [1.807, 2.05) is 30.3 Å². The van der Waals surface area contributed by atoms with Gasteiger partial charge in [0.2, 0.25) is 0 Å². The first-order valence-corrected chi connectivity index (χ1v) is 9.64. The van der Waals surface area contributed by atoms with E-state index in [4.69, 9.17) is 5.73 Å². The van der Waals surface area contributed by atoms with E-state index in [0.717, 1.165) is 24.8 Å². The lowest BCUT2D eigenvalue weighted by Crippen LogP contribution is -2.27. The zero-order valence-electron chi connectivity index (χ0n) is 15.4. The average Bonchev–Trinajstić information content (AvgIpc) is 2.91. The Kier molecular flexibility index (Phi) is 5.05. The Hall–Kier alpha value is -2.34. The Morgan fingerprint density at radius 3 is 2.46 bits per heavy atom. The van der Waals surface area contributed by atoms with Gasteiger partial charge in [-0.1, -0.05) is 39.0 Å². The smallest absolute Gasteiger partial charge is 0.324 e. The summed E-state index contributed by atoms with van der Waals surface area (Å²) in [5.74, 6) is 0.0760. The average molecular weight is 372 g/mol. The number of amides is 3. The van der Waals surface area contributed by atoms with Gasteiger partial charge in [0.25, 0.3) is 5.91 Å². The van der Waals surface area contributed by atoms with Crippen LogP contribution in [0, 0.1) is 11.3 Å². The van der Waals surface area contributed by atoms with Crippen molar-refractivity contribution in [2.24, 2.45) is 17.1 Å². The molecule has 0 bridgehead atoms. The molecule has 1 aliphatic rings. The predicted octanol–water partition coefficient (Wildman–Crippen LogP) is 4.64. The summed E-state index contributed by atoms with van der Waals surface area (Å²) in [6.45, 7) is 6.74. The number of carbonyl (C=O) groups is 2. The third-order valence-corrected chi connectivity index (χ3v) is 6.16. The van der Waals surface area contributed by atoms with Gasteiger partial charge in [-0.3, -0.25) is 10.1 Å². The number of hydrogen-bond acceptors (Lipinski definition) is 3. The minimum absolute atomic E-state index is 0.215. The Morgan fingerprint density at radius 1 is 1.15 bits per heavy atom. The summed E-state index contributed by atoms with van der Waals surface area (Å²) in [4.78, 5) is 25.5. The number of carbonyl (C=O) groups excluding carboxylic acids is 2. The summed E-state index contributed by atoms with van der Waals surface area (Å²) in [6.07, 6.45) is 2.78. The second kappa shape index (κ2) is 7.11. The van der Waals surface area contributed by atoms with Crippen LogP contribution in [0.1, 0.15) is 48.0 Å². The van der Waals surface area contributed by atoms with Gasteiger partial charge in [-0.25, -0.2) is 4.79 Å². The summed E-state index contributed by atoms with van der Waals surface area (Å²) >= 11 is 1.48. The lowest BCUT2D eigenvalue weighted by atomic mass is 9.72. The van der Waals surface area contributed by atoms with Crippen LogP contribution in [0.5, 0.6) is 0 Å². The van der Waals surface area contributed by atoms with Crippen LogP contribution in [0.25, 0.3) is 0 Å². The molecule has 3 rings (SSSR count). The molecular formula is C20H25N3O2S. The third kappa shape index (κ3) is 3.90. The second-order valence-electron chi connectivity index (χ2n) is 7.82. The second-order valence-corrected chi connectivity index (χ2v) is 8.93. The zero-order chi connectivity index (χ0) is 18.9. The molecule has 3 amide bonds. The number of thiophene rings is 1. The molecule has 1 aromatic carbocycles. The maximum Gasteiger partial charge on any atom is 0.324 e. The van der Waals surface area contributed by atoms with Crippen molar-refractivity contribution in [2.45, 2.75) is 40.0 Å². The van der Waals surface area contributed by atoms with E-state index in [2.05, 4.69) is 31.4 Å². The Morgan fingerprint density at radius 2 is 1.85 bits per heavy atom. The molecule has 6 heteroatoms. The summed E-state index contributed by atoms with van der Waals surface area (Å²) in [6, 6.07) is 8.82. The molecule has 0 radical (unpaired) electrons. The lowest BCUT2D eigenvalue weighted by Gasteiger charge is -2.33. The molecule has 1 heterocycles. The van der Waals surface area contributed by atoms with E-state index in [1.54, 1.807) is 0 Å². The molecular weight excluding hydrogens is 346 g/mol. The molecule has 0 fully saturated rings. The van der Waals surface area contributed by atoms with Crippen molar-refractivity contribution >= 4 is 34.0 Å². The monoisotopic (exact) mass is 371 g/mol. The van der Waals surface area contributed by atoms with Gasteiger partial charge in [0.15, 0.2) is 0 Å². The van der Waals surface area contributed by atoms with Gasteiger partial charge >= 0.3 is 6.03 Å². The molecule has 4 N–H and O–H groups in total. The number of anilines is 2. The van der Waals surface area contributed by atoms with E-state index in [9.17, 15) is 9.59 Å². The first-order valence-electron chi connectivity index (χ1n) is 8.83. The van der Waals surface area contributed by atoms with Crippen LogP contribution in [0.2, 0.25) is 0 Å². The molecule has 1 atom stereocenters. The van der Waals surface area contributed by atoms with Crippen LogP contribution in [-0.4, -0.2) is 11.9 Å². The number of para-hydroxylation sites is 1. The predicted molar refractivity (Wildman–Crippen MR) is 107 cm³/mol. The molecule has 1 aromatic heterocycles. The van der Waals surface area contributed by atoms with Gasteiger partial charge in [0.1, 0.15) is 5.00 Å². The SMILES string of the molecule is CC(C)(C)C1CCc2c(sc(NC(=O)Nc3ccccc3)c2C(N)=O)C1. The van der Waals surface area contributed by atoms with Gasteiger partial charge in [-0.15, -0.1) is 11.3 Å². The van der Waals surface area contributed by atoms with Gasteiger partial charge in [-0.05, 0) is 48.3 Å². The van der Waals surface area contributed by atoms with Crippen LogP contribution in [0.3, 0.4) is 0 Å². The van der Waals surface area contributed by atoms with E-state index in [1.165, 1.54) is 16.2 Å². The zero-order valence-corrected chi connectivity index (χ0v) is 16.2. The summed E-state index contributed by atoms with van der Waals surface area (Å²) in [7, 11) is 0. The largest absolute Gasteiger partial charge is 0.365 e. The van der Waals surface area contributed by atoms with Crippen LogP contribution in [-0.2, 0) is 12.8 Å². The maximum absolute atomic E-state index is 12.3. The highest BCUT2D eigenvalue weighted by molar-refractivity contribution is 7.17. The number of rotatable bonds is 3. The molecule has 0 saturated heterocycles. The summed E-state index contributed by atoms with van der Waals surface area (Å²) in [5.41, 5.74) is 8.02. The van der Waals surface area contributed by atoms with Gasteiger partial charge in [0.05, 0.1) is 5.56 Å². The highest BCUT2D eigenvalue weighted by atomic mass is 32.1. The van der Waals surface area contributed by atoms with Crippen LogP contribution < -0.4 is 16.4 Å². The summed E-state index contributed by atoms with van der Waals surface area (Å²) in [5, 5.41) is 6.14. The van der Waals surface area contributed by atoms with Crippen molar-refractivity contribution in [1.82, 2.24) is 0 Å². The highest BCUT2D eigenvalue weighted by Crippen LogP contribution is 2.44. The fourth-order valence-electron chi connectivity index (χ4n) is 3.46. The van der Waals surface area contributed by atoms with E-state index in [-0.39, 0.29) is 11.4 Å². The van der Waals surface area contributed by atoms with Crippen molar-refractivity contribution in [3.63, 3.8) is 0 Å². The number of nitrogens with one attached hydrogen (secondary N) is 2. The molecule has 0 spiro atoms. The minimum atomic E-state index is -0.480. The molecule has 5 nitrogen and oxygen atoms in total. The molecule has 2 aromatic rings. The first kappa shape index (κ1) is 18.5. The number of primary amides is 1. The van der Waals surface area contributed by atoms with Crippen molar-refractivity contribution in [3.05, 3.63) is 46.3 Å². The topological polar surface area (TPSA) is 84.2 Å². The normalized spacial score (nSPS) is 16.7. The van der Waals surface area contributed by atoms with Crippen molar-refractivity contribution in [3.8, 4) is 0 Å². The molecule has 0 aliphatic heterocycles. The summed E-state index contributed by atoms with van der Waals surface area (Å²) < 4.78 is 0. The van der Waals surface area contributed by atoms with Crippen molar-refractivity contribution < 1.29 is 9.59 Å². The number of urea groups is 1. The number of hydrogen-bond donors (Lipinski definition) is 3. The van der Waals surface area contributed by atoms with Gasteiger partial charge in [-0.2, -0.15) is 0 Å². The fourth-order valence-corrected chi connectivity index (χ4v) is 4.79. The molecule has 26 heavy (non-hydrogen) atoms. The van der Waals surface area contributed by atoms with Gasteiger partial charge in [0, 0.05) is 10.6 Å². The Labute approximate surface area is 158 Å². The van der Waals surface area contributed by atoms with Gasteiger partial charge < -0.3 is 11.1 Å². The first-order chi connectivity index (χ1) is 12.3. The number of fused-ring (bicyclic) bond motifs is 1. The van der Waals surface area contributed by atoms with Crippen LogP contribution in [0.15, 0.2) is 30.3 Å². The fraction of sp³-hybridized carbons (Fsp3) is 0.400. The molecule has 0 saturated carbocycles. The lowest BCUT2D eigenvalue weighted by molar-refractivity contribution is 0.1000. The van der Waals surface area contributed by atoms with Crippen molar-refractivity contribution in [2.75, 3.05) is 10.6 Å². The van der Waals surface area contributed by atoms with E-state index >= 15 is 0 Å². The Balaban J connectivity index is 1.83. The van der Waals surface area contributed by atoms with Crippen LogP contribution >= 0.6 is 11.3 Å². The van der Waals surface area contributed by atoms with Crippen molar-refractivity contribution in [1.29, 1.82) is 0 Å². The number of benzene rings is 1. The minimum Gasteiger partial charge on any atom is -0.365 e. The van der Waals surface area contributed by atoms with E-state index in [0.29, 0.717) is 22.2 Å². The standard InChI is InChI=1S/C20H25N3O2S/c1-20(2,3)12-9-10-14-15(11-12)26-18(16(14)17(21)24)23-19(25)22-13-7-5-4-6-8-13/h4-8,12H,9-11H2,1-3H3,(H2,21,24)(H2,22,23,25). The quantitative estimate of drug-likeness (QED) is 0.734. The Bertz CT molecular complexity index is 822. The molecule has 1 aliphatic carbocycles. The number of nitrogens with two attached hydrogens (primary N) is 1. The maximum atomic E-state index is 12.3. The third-order valence-electron chi connectivity index (χ3n) is 5.00. The van der Waals surface area contributed by atoms with Crippen LogP contribution in [0.4, 0.5) is 15.5 Å². The highest BCUT2D eigenvalue weighted by Gasteiger charge is 2.33. The molecule has 138 valence electrons. The molecule has 1 unspecified atom stereocenters. The van der Waals surface area contributed by atoms with E-state index < -0.39 is 5.91 Å².